The van der Waals surface area contributed by atoms with Crippen LogP contribution in [0.2, 0.25) is 0 Å². The van der Waals surface area contributed by atoms with Crippen molar-refractivity contribution in [2.45, 2.75) is 32.7 Å². The molecule has 1 aliphatic rings. The Morgan fingerprint density at radius 1 is 1.07 bits per heavy atom. The van der Waals surface area contributed by atoms with E-state index in [1.165, 1.54) is 44.1 Å². The second-order valence-electron chi connectivity index (χ2n) is 9.87. The van der Waals surface area contributed by atoms with Gasteiger partial charge in [0.15, 0.2) is 4.80 Å². The lowest BCUT2D eigenvalue weighted by Gasteiger charge is -2.27. The fraction of sp³-hybridized carbons (Fsp3) is 0.281. The van der Waals surface area contributed by atoms with Gasteiger partial charge in [0.2, 0.25) is 0 Å². The highest BCUT2D eigenvalue weighted by Gasteiger charge is 2.36. The number of benzene rings is 2. The van der Waals surface area contributed by atoms with Crippen molar-refractivity contribution in [3.05, 3.63) is 101 Å². The smallest absolute Gasteiger partial charge is 0.338 e. The van der Waals surface area contributed by atoms with Crippen LogP contribution in [0.25, 0.3) is 17.4 Å². The molecule has 2 aromatic heterocycles. The zero-order chi connectivity index (χ0) is 32.2. The first-order chi connectivity index (χ1) is 21.7. The van der Waals surface area contributed by atoms with E-state index in [0.717, 1.165) is 11.3 Å². The van der Waals surface area contributed by atoms with Gasteiger partial charge in [0.25, 0.3) is 11.2 Å². The maximum atomic E-state index is 14.1. The van der Waals surface area contributed by atoms with Gasteiger partial charge in [-0.15, -0.1) is 0 Å². The molecule has 0 aliphatic carbocycles. The van der Waals surface area contributed by atoms with Crippen LogP contribution in [0, 0.1) is 10.1 Å². The summed E-state index contributed by atoms with van der Waals surface area (Å²) in [5.74, 6) is 1.45. The van der Waals surface area contributed by atoms with Gasteiger partial charge in [0, 0.05) is 23.8 Å². The number of nitrogens with zero attached hydrogens (tertiary/aromatic N) is 3. The number of fused-ring (bicyclic) bond motifs is 1. The minimum atomic E-state index is -0.907. The SMILES string of the molecule is CCCC1=C(C(=O)OCC)[C@@H](c2cc(OC)ccc2OC)n2c(s/c(=C\c3ccc(-c4cc([N+](=O)[O-])ccc4OC)o3)c2=O)=N1. The molecule has 12 nitrogen and oxygen atoms in total. The number of rotatable bonds is 11. The molecule has 4 aromatic rings. The molecule has 1 atom stereocenters. The number of nitro groups is 1. The number of aromatic nitrogens is 1. The lowest BCUT2D eigenvalue weighted by atomic mass is 9.93. The molecular formula is C32H31N3O9S. The number of furan rings is 1. The molecule has 45 heavy (non-hydrogen) atoms. The number of allylic oxidation sites excluding steroid dienone is 1. The van der Waals surface area contributed by atoms with Crippen molar-refractivity contribution < 1.29 is 33.1 Å². The van der Waals surface area contributed by atoms with Gasteiger partial charge in [-0.3, -0.25) is 19.5 Å². The van der Waals surface area contributed by atoms with Crippen LogP contribution in [0.5, 0.6) is 17.2 Å². The molecule has 0 amide bonds. The van der Waals surface area contributed by atoms with Gasteiger partial charge in [-0.1, -0.05) is 24.7 Å². The van der Waals surface area contributed by atoms with Gasteiger partial charge in [0.1, 0.15) is 34.8 Å². The highest BCUT2D eigenvalue weighted by Crippen LogP contribution is 2.39. The summed E-state index contributed by atoms with van der Waals surface area (Å²) in [6.07, 6.45) is 2.76. The maximum absolute atomic E-state index is 14.1. The van der Waals surface area contributed by atoms with Crippen LogP contribution < -0.4 is 29.1 Å². The quantitative estimate of drug-likeness (QED) is 0.130. The van der Waals surface area contributed by atoms with Gasteiger partial charge < -0.3 is 23.4 Å². The summed E-state index contributed by atoms with van der Waals surface area (Å²) in [5, 5.41) is 11.4. The monoisotopic (exact) mass is 633 g/mol. The summed E-state index contributed by atoms with van der Waals surface area (Å²) in [4.78, 5) is 43.7. The fourth-order valence-electron chi connectivity index (χ4n) is 5.17. The minimum absolute atomic E-state index is 0.120. The van der Waals surface area contributed by atoms with Gasteiger partial charge in [-0.05, 0) is 49.7 Å². The zero-order valence-electron chi connectivity index (χ0n) is 25.3. The van der Waals surface area contributed by atoms with Crippen LogP contribution in [-0.2, 0) is 9.53 Å². The molecule has 0 spiro atoms. The highest BCUT2D eigenvalue weighted by atomic mass is 32.1. The third kappa shape index (κ3) is 5.98. The number of carbonyl (C=O) groups is 1. The molecular weight excluding hydrogens is 602 g/mol. The second kappa shape index (κ2) is 13.2. The predicted molar refractivity (Wildman–Crippen MR) is 167 cm³/mol. The third-order valence-corrected chi connectivity index (χ3v) is 8.17. The first-order valence-corrected chi connectivity index (χ1v) is 14.9. The van der Waals surface area contributed by atoms with Crippen molar-refractivity contribution >= 4 is 29.1 Å². The zero-order valence-corrected chi connectivity index (χ0v) is 26.1. The molecule has 0 radical (unpaired) electrons. The molecule has 0 fully saturated rings. The van der Waals surface area contributed by atoms with E-state index in [4.69, 9.17) is 28.4 Å². The molecule has 0 unspecified atom stereocenters. The molecule has 13 heteroatoms. The number of methoxy groups -OCH3 is 3. The van der Waals surface area contributed by atoms with Gasteiger partial charge in [0.05, 0.1) is 54.2 Å². The molecule has 0 bridgehead atoms. The van der Waals surface area contributed by atoms with Crippen molar-refractivity contribution in [2.24, 2.45) is 4.99 Å². The molecule has 2 aromatic carbocycles. The van der Waals surface area contributed by atoms with Crippen LogP contribution in [-0.4, -0.2) is 43.4 Å². The predicted octanol–water partition coefficient (Wildman–Crippen LogP) is 4.77. The topological polar surface area (TPSA) is 145 Å². The maximum Gasteiger partial charge on any atom is 0.338 e. The Bertz CT molecular complexity index is 1990. The molecule has 0 saturated carbocycles. The third-order valence-electron chi connectivity index (χ3n) is 7.18. The van der Waals surface area contributed by atoms with Crippen molar-refractivity contribution in [3.8, 4) is 28.6 Å². The van der Waals surface area contributed by atoms with Crippen molar-refractivity contribution in [1.29, 1.82) is 0 Å². The second-order valence-corrected chi connectivity index (χ2v) is 10.9. The Morgan fingerprint density at radius 2 is 1.82 bits per heavy atom. The number of carbonyl (C=O) groups excluding carboxylic acids is 1. The Labute approximate surface area is 261 Å². The van der Waals surface area contributed by atoms with Crippen LogP contribution in [0.15, 0.2) is 74.0 Å². The van der Waals surface area contributed by atoms with Gasteiger partial charge >= 0.3 is 5.97 Å². The summed E-state index contributed by atoms with van der Waals surface area (Å²) in [5.41, 5.74) is 1.18. The summed E-state index contributed by atoms with van der Waals surface area (Å²) in [6, 6.07) is 11.8. The molecule has 5 rings (SSSR count). The number of non-ortho nitro benzene ring substituents is 1. The fourth-order valence-corrected chi connectivity index (χ4v) is 6.17. The standard InChI is InChI=1S/C32H31N3O9S/c1-6-8-23-28(31(37)43-7-2)29(22-16-19(40-3)10-13-25(22)42-5)34-30(36)27(45-32(34)33-23)17-20-11-14-26(44-20)21-15-18(35(38)39)9-12-24(21)41-4/h9-17,29H,6-8H2,1-5H3/b27-17-/t29-/m1/s1. The van der Waals surface area contributed by atoms with Crippen molar-refractivity contribution in [2.75, 3.05) is 27.9 Å². The first-order valence-electron chi connectivity index (χ1n) is 14.1. The van der Waals surface area contributed by atoms with Crippen LogP contribution in [0.3, 0.4) is 0 Å². The molecule has 0 N–H and O–H groups in total. The number of hydrogen-bond acceptors (Lipinski definition) is 11. The largest absolute Gasteiger partial charge is 0.497 e. The summed E-state index contributed by atoms with van der Waals surface area (Å²) >= 11 is 1.15. The summed E-state index contributed by atoms with van der Waals surface area (Å²) in [7, 11) is 4.50. The lowest BCUT2D eigenvalue weighted by molar-refractivity contribution is -0.384. The summed E-state index contributed by atoms with van der Waals surface area (Å²) in [6.45, 7) is 3.84. The highest BCUT2D eigenvalue weighted by molar-refractivity contribution is 7.07. The van der Waals surface area contributed by atoms with E-state index in [9.17, 15) is 19.7 Å². The average molecular weight is 634 g/mol. The van der Waals surface area contributed by atoms with Crippen molar-refractivity contribution in [1.82, 2.24) is 4.57 Å². The van der Waals surface area contributed by atoms with E-state index in [1.54, 1.807) is 43.3 Å². The average Bonchev–Trinajstić information content (AvgIpc) is 3.63. The minimum Gasteiger partial charge on any atom is -0.497 e. The van der Waals surface area contributed by atoms with E-state index >= 15 is 0 Å². The van der Waals surface area contributed by atoms with Gasteiger partial charge in [-0.25, -0.2) is 9.79 Å². The van der Waals surface area contributed by atoms with Crippen LogP contribution >= 0.6 is 11.3 Å². The van der Waals surface area contributed by atoms with Crippen molar-refractivity contribution in [3.63, 3.8) is 0 Å². The Hall–Kier alpha value is -5.17. The van der Waals surface area contributed by atoms with E-state index < -0.39 is 22.5 Å². The van der Waals surface area contributed by atoms with E-state index in [0.29, 0.717) is 67.8 Å². The number of hydrogen-bond donors (Lipinski definition) is 0. The molecule has 0 saturated heterocycles. The molecule has 3 heterocycles. The van der Waals surface area contributed by atoms with E-state index in [-0.39, 0.29) is 17.9 Å². The number of esters is 1. The van der Waals surface area contributed by atoms with E-state index in [1.807, 2.05) is 6.92 Å². The summed E-state index contributed by atoms with van der Waals surface area (Å²) < 4.78 is 29.8. The Morgan fingerprint density at radius 3 is 2.49 bits per heavy atom. The number of nitro benzene ring substituents is 1. The van der Waals surface area contributed by atoms with E-state index in [2.05, 4.69) is 0 Å². The molecule has 1 aliphatic heterocycles. The van der Waals surface area contributed by atoms with Crippen LogP contribution in [0.1, 0.15) is 44.1 Å². The number of ether oxygens (including phenoxy) is 4. The lowest BCUT2D eigenvalue weighted by Crippen LogP contribution is -2.40. The Balaban J connectivity index is 1.71. The molecule has 234 valence electrons. The number of thiazole rings is 1. The normalized spacial score (nSPS) is 14.5. The first kappa shape index (κ1) is 31.3. The van der Waals surface area contributed by atoms with Gasteiger partial charge in [-0.2, -0.15) is 0 Å². The van der Waals surface area contributed by atoms with Crippen LogP contribution in [0.4, 0.5) is 5.69 Å². The Kier molecular flexibility index (Phi) is 9.18.